The van der Waals surface area contributed by atoms with Crippen LogP contribution in [0.3, 0.4) is 0 Å². The second kappa shape index (κ2) is 5.41. The van der Waals surface area contributed by atoms with Gasteiger partial charge < -0.3 is 4.18 Å². The number of hydrogen-bond donors (Lipinski definition) is 0. The molecule has 0 radical (unpaired) electrons. The summed E-state index contributed by atoms with van der Waals surface area (Å²) in [6.07, 6.45) is 0. The van der Waals surface area contributed by atoms with E-state index in [4.69, 9.17) is 4.18 Å². The highest BCUT2D eigenvalue weighted by atomic mass is 32.2. The maximum atomic E-state index is 4.83. The summed E-state index contributed by atoms with van der Waals surface area (Å²) in [6.45, 7) is 6.29. The van der Waals surface area contributed by atoms with E-state index in [1.807, 2.05) is 0 Å². The molecule has 0 N–H and O–H groups in total. The minimum atomic E-state index is 1.04. The van der Waals surface area contributed by atoms with Crippen molar-refractivity contribution in [3.8, 4) is 0 Å². The number of rotatable bonds is 4. The third-order valence-corrected chi connectivity index (χ3v) is 1.76. The Bertz CT molecular complexity index is 47.7. The Morgan fingerprint density at radius 2 is 1.88 bits per heavy atom. The van der Waals surface area contributed by atoms with Crippen molar-refractivity contribution in [3.05, 3.63) is 0 Å². The lowest BCUT2D eigenvalue weighted by atomic mass is 10.7. The number of nitrogens with zero attached hydrogens (tertiary/aromatic N) is 1. The summed E-state index contributed by atoms with van der Waals surface area (Å²) >= 11 is 1.41. The van der Waals surface area contributed by atoms with Gasteiger partial charge in [0.1, 0.15) is 0 Å². The molecule has 50 valence electrons. The quantitative estimate of drug-likeness (QED) is 0.428. The molecule has 0 fully saturated rings. The van der Waals surface area contributed by atoms with Crippen LogP contribution >= 0.6 is 12.2 Å². The predicted octanol–water partition coefficient (Wildman–Crippen LogP) is 1.54. The van der Waals surface area contributed by atoms with Gasteiger partial charge in [0.05, 0.1) is 19.3 Å². The van der Waals surface area contributed by atoms with Gasteiger partial charge in [-0.1, -0.05) is 13.8 Å². The molecule has 3 heteroatoms. The Hall–Kier alpha value is 0.270. The number of hydrogen-bond acceptors (Lipinski definition) is 3. The summed E-state index contributed by atoms with van der Waals surface area (Å²) in [4.78, 5) is 0. The first-order chi connectivity index (χ1) is 3.85. The molecular weight excluding hydrogens is 122 g/mol. The molecular formula is C5H13NOS. The van der Waals surface area contributed by atoms with E-state index < -0.39 is 0 Å². The third kappa shape index (κ3) is 3.29. The van der Waals surface area contributed by atoms with Crippen LogP contribution in [0.1, 0.15) is 13.8 Å². The summed E-state index contributed by atoms with van der Waals surface area (Å²) in [5.74, 6) is 0. The fourth-order valence-electron chi connectivity index (χ4n) is 0.434. The Kier molecular flexibility index (Phi) is 5.59. The predicted molar refractivity (Wildman–Crippen MR) is 37.5 cm³/mol. The highest BCUT2D eigenvalue weighted by Crippen LogP contribution is 2.06. The maximum Gasteiger partial charge on any atom is 0.0815 e. The van der Waals surface area contributed by atoms with E-state index in [1.165, 1.54) is 12.2 Å². The lowest BCUT2D eigenvalue weighted by Gasteiger charge is -2.12. The largest absolute Gasteiger partial charge is 0.304 e. The zero-order chi connectivity index (χ0) is 6.41. The van der Waals surface area contributed by atoms with Gasteiger partial charge in [0.15, 0.2) is 0 Å². The molecule has 0 atom stereocenters. The molecule has 0 heterocycles. The van der Waals surface area contributed by atoms with Gasteiger partial charge >= 0.3 is 0 Å². The first-order valence-electron chi connectivity index (χ1n) is 2.80. The molecule has 0 aliphatic heterocycles. The van der Waals surface area contributed by atoms with E-state index in [1.54, 1.807) is 7.11 Å². The summed E-state index contributed by atoms with van der Waals surface area (Å²) < 4.78 is 6.95. The van der Waals surface area contributed by atoms with Crippen molar-refractivity contribution in [1.29, 1.82) is 0 Å². The molecule has 0 aliphatic rings. The Morgan fingerprint density at radius 3 is 2.00 bits per heavy atom. The zero-order valence-corrected chi connectivity index (χ0v) is 6.49. The van der Waals surface area contributed by atoms with Crippen molar-refractivity contribution in [2.45, 2.75) is 13.8 Å². The third-order valence-electron chi connectivity index (χ3n) is 0.885. The summed E-state index contributed by atoms with van der Waals surface area (Å²) in [5.41, 5.74) is 0. The molecule has 8 heavy (non-hydrogen) atoms. The van der Waals surface area contributed by atoms with E-state index >= 15 is 0 Å². The summed E-state index contributed by atoms with van der Waals surface area (Å²) in [5, 5.41) is 0. The Balaban J connectivity index is 3.07. The van der Waals surface area contributed by atoms with Crippen molar-refractivity contribution in [2.75, 3.05) is 20.2 Å². The minimum Gasteiger partial charge on any atom is -0.304 e. The fraction of sp³-hybridized carbons (Fsp3) is 1.00. The SMILES string of the molecule is CCN(CC)SOC. The molecule has 0 rings (SSSR count). The molecule has 0 aliphatic carbocycles. The van der Waals surface area contributed by atoms with Gasteiger partial charge in [0.2, 0.25) is 0 Å². The van der Waals surface area contributed by atoms with Crippen LogP contribution in [0.15, 0.2) is 0 Å². The zero-order valence-electron chi connectivity index (χ0n) is 5.68. The average Bonchev–Trinajstić information content (AvgIpc) is 1.83. The van der Waals surface area contributed by atoms with Gasteiger partial charge in [0.25, 0.3) is 0 Å². The van der Waals surface area contributed by atoms with Crippen molar-refractivity contribution in [3.63, 3.8) is 0 Å². The highest BCUT2D eigenvalue weighted by Gasteiger charge is 1.95. The fourth-order valence-corrected chi connectivity index (χ4v) is 0.856. The summed E-state index contributed by atoms with van der Waals surface area (Å²) in [7, 11) is 1.68. The molecule has 0 spiro atoms. The molecule has 0 bridgehead atoms. The highest BCUT2D eigenvalue weighted by molar-refractivity contribution is 7.92. The first kappa shape index (κ1) is 8.27. The van der Waals surface area contributed by atoms with Crippen LogP contribution in [0.4, 0.5) is 0 Å². The van der Waals surface area contributed by atoms with Gasteiger partial charge in [-0.3, -0.25) is 0 Å². The van der Waals surface area contributed by atoms with Crippen LogP contribution in [-0.4, -0.2) is 24.5 Å². The normalized spacial score (nSPS) is 10.5. The molecule has 0 saturated carbocycles. The van der Waals surface area contributed by atoms with E-state index in [9.17, 15) is 0 Å². The lowest BCUT2D eigenvalue weighted by molar-refractivity contribution is 0.421. The smallest absolute Gasteiger partial charge is 0.0815 e. The van der Waals surface area contributed by atoms with Crippen LogP contribution in [0.2, 0.25) is 0 Å². The Morgan fingerprint density at radius 1 is 1.38 bits per heavy atom. The van der Waals surface area contributed by atoms with Gasteiger partial charge in [-0.2, -0.15) is 0 Å². The second-order valence-corrected chi connectivity index (χ2v) is 2.35. The van der Waals surface area contributed by atoms with E-state index in [2.05, 4.69) is 18.2 Å². The van der Waals surface area contributed by atoms with Crippen LogP contribution in [0.5, 0.6) is 0 Å². The minimum absolute atomic E-state index is 1.04. The molecule has 0 amide bonds. The topological polar surface area (TPSA) is 12.5 Å². The lowest BCUT2D eigenvalue weighted by Crippen LogP contribution is -2.13. The average molecular weight is 135 g/mol. The Labute approximate surface area is 55.5 Å². The van der Waals surface area contributed by atoms with Crippen LogP contribution in [-0.2, 0) is 4.18 Å². The molecule has 0 aromatic carbocycles. The van der Waals surface area contributed by atoms with E-state index in [0.717, 1.165) is 13.1 Å². The van der Waals surface area contributed by atoms with E-state index in [0.29, 0.717) is 0 Å². The van der Waals surface area contributed by atoms with Crippen molar-refractivity contribution >= 4 is 12.2 Å². The van der Waals surface area contributed by atoms with Crippen molar-refractivity contribution in [1.82, 2.24) is 4.31 Å². The van der Waals surface area contributed by atoms with Gasteiger partial charge in [-0.15, -0.1) is 0 Å². The molecule has 0 aromatic heterocycles. The summed E-state index contributed by atoms with van der Waals surface area (Å²) in [6, 6.07) is 0. The monoisotopic (exact) mass is 135 g/mol. The van der Waals surface area contributed by atoms with Gasteiger partial charge in [-0.05, 0) is 0 Å². The molecule has 2 nitrogen and oxygen atoms in total. The standard InChI is InChI=1S/C5H13NOS/c1-4-6(5-2)8-7-3/h4-5H2,1-3H3. The second-order valence-electron chi connectivity index (χ2n) is 1.36. The van der Waals surface area contributed by atoms with Crippen molar-refractivity contribution < 1.29 is 4.18 Å². The van der Waals surface area contributed by atoms with E-state index in [-0.39, 0.29) is 0 Å². The van der Waals surface area contributed by atoms with Gasteiger partial charge in [0, 0.05) is 13.1 Å². The van der Waals surface area contributed by atoms with Gasteiger partial charge in [-0.25, -0.2) is 4.31 Å². The van der Waals surface area contributed by atoms with Crippen LogP contribution in [0, 0.1) is 0 Å². The first-order valence-corrected chi connectivity index (χ1v) is 3.50. The van der Waals surface area contributed by atoms with Crippen LogP contribution in [0.25, 0.3) is 0 Å². The van der Waals surface area contributed by atoms with Crippen LogP contribution < -0.4 is 0 Å². The maximum absolute atomic E-state index is 4.83. The molecule has 0 aromatic rings. The molecule has 0 unspecified atom stereocenters. The molecule has 0 saturated heterocycles. The van der Waals surface area contributed by atoms with Crippen molar-refractivity contribution in [2.24, 2.45) is 0 Å².